The van der Waals surface area contributed by atoms with E-state index >= 15 is 0 Å². The van der Waals surface area contributed by atoms with Gasteiger partial charge in [0.1, 0.15) is 0 Å². The molecular formula is I6Ir-3. The molecule has 0 amide bonds. The Bertz CT molecular complexity index is 62.7. The van der Waals surface area contributed by atoms with E-state index in [1.54, 1.807) is 0 Å². The summed E-state index contributed by atoms with van der Waals surface area (Å²) in [6.07, 6.45) is 0. The van der Waals surface area contributed by atoms with Gasteiger partial charge in [-0.05, 0) is 0 Å². The van der Waals surface area contributed by atoms with Gasteiger partial charge in [0.15, 0.2) is 0 Å². The SMILES string of the molecule is [I][Ir-3]([I])([I])([I])([I])[I]. The van der Waals surface area contributed by atoms with Crippen molar-refractivity contribution in [3.63, 3.8) is 0 Å². The Morgan fingerprint density at radius 2 is 0.571 bits per heavy atom. The predicted molar refractivity (Wildman–Crippen MR) is 84.1 cm³/mol. The van der Waals surface area contributed by atoms with Crippen LogP contribution in [0.1, 0.15) is 0 Å². The summed E-state index contributed by atoms with van der Waals surface area (Å²) in [4.78, 5) is 0. The molecule has 54 valence electrons. The molecule has 0 aliphatic rings. The molecule has 0 aromatic heterocycles. The summed E-state index contributed by atoms with van der Waals surface area (Å²) in [6.45, 7) is 0. The fourth-order valence-electron chi connectivity index (χ4n) is 0. The van der Waals surface area contributed by atoms with Gasteiger partial charge in [0.2, 0.25) is 0 Å². The standard InChI is InChI=1S/6HI.Ir/h6*1H;/q;;;;;;+3/p-6. The Morgan fingerprint density at radius 3 is 0.571 bits per heavy atom. The van der Waals surface area contributed by atoms with Crippen molar-refractivity contribution in [2.45, 2.75) is 0 Å². The van der Waals surface area contributed by atoms with Gasteiger partial charge in [-0.2, -0.15) is 0 Å². The van der Waals surface area contributed by atoms with Crippen molar-refractivity contribution in [1.82, 2.24) is 0 Å². The molecule has 0 bridgehead atoms. The first-order valence-corrected chi connectivity index (χ1v) is 41.5. The van der Waals surface area contributed by atoms with Crippen LogP contribution in [0.3, 0.4) is 0 Å². The molecule has 0 heterocycles. The van der Waals surface area contributed by atoms with E-state index in [-0.39, 0.29) is 0 Å². The topological polar surface area (TPSA) is 0 Å². The van der Waals surface area contributed by atoms with Crippen LogP contribution < -0.4 is 0 Å². The average Bonchev–Trinajstić information content (AvgIpc) is 0.592. The van der Waals surface area contributed by atoms with E-state index in [9.17, 15) is 0 Å². The van der Waals surface area contributed by atoms with Crippen molar-refractivity contribution >= 4 is 118 Å². The summed E-state index contributed by atoms with van der Waals surface area (Å²) < 4.78 is -2.35. The van der Waals surface area contributed by atoms with Crippen LogP contribution in [-0.2, 0) is -8.61 Å². The van der Waals surface area contributed by atoms with Crippen LogP contribution in [-0.4, -0.2) is 0 Å². The van der Waals surface area contributed by atoms with Gasteiger partial charge in [-0.3, -0.25) is 0 Å². The zero-order chi connectivity index (χ0) is 6.41. The number of rotatable bonds is 0. The maximum absolute atomic E-state index is 2.57. The van der Waals surface area contributed by atoms with Gasteiger partial charge in [0, 0.05) is 0 Å². The molecule has 0 aromatic rings. The molecular weight excluding hydrogens is 954 g/mol. The number of hydrogen-bond acceptors (Lipinski definition) is 0. The van der Waals surface area contributed by atoms with E-state index in [0.717, 1.165) is 0 Å². The maximum atomic E-state index is 2.57. The van der Waals surface area contributed by atoms with E-state index in [2.05, 4.69) is 118 Å². The number of halogens is 6. The number of hydrogen-bond donors (Lipinski definition) is 0. The molecule has 0 saturated heterocycles. The minimum atomic E-state index is -2.35. The Labute approximate surface area is 105 Å². The van der Waals surface area contributed by atoms with Crippen molar-refractivity contribution in [2.75, 3.05) is 0 Å². The minimum absolute atomic E-state index is 2.35. The fourth-order valence-corrected chi connectivity index (χ4v) is 0. The van der Waals surface area contributed by atoms with E-state index in [4.69, 9.17) is 0 Å². The van der Waals surface area contributed by atoms with Gasteiger partial charge in [0.05, 0.1) is 0 Å². The molecule has 0 nitrogen and oxygen atoms in total. The van der Waals surface area contributed by atoms with Crippen LogP contribution in [0.2, 0.25) is 0 Å². The molecule has 7 heavy (non-hydrogen) atoms. The summed E-state index contributed by atoms with van der Waals surface area (Å²) in [5, 5.41) is 0. The summed E-state index contributed by atoms with van der Waals surface area (Å²) in [5.41, 5.74) is 0. The van der Waals surface area contributed by atoms with E-state index in [1.165, 1.54) is 0 Å². The molecule has 0 unspecified atom stereocenters. The van der Waals surface area contributed by atoms with Crippen LogP contribution in [0.4, 0.5) is 0 Å². The van der Waals surface area contributed by atoms with E-state index < -0.39 is -8.61 Å². The second-order valence-electron chi connectivity index (χ2n) is 0.714. The molecule has 7 heteroatoms. The van der Waals surface area contributed by atoms with Crippen LogP contribution in [0.5, 0.6) is 0 Å². The molecule has 0 fully saturated rings. The predicted octanol–water partition coefficient (Wildman–Crippen LogP) is 5.31. The van der Waals surface area contributed by atoms with E-state index in [0.29, 0.717) is 0 Å². The van der Waals surface area contributed by atoms with Crippen LogP contribution >= 0.6 is 118 Å². The van der Waals surface area contributed by atoms with Crippen LogP contribution in [0, 0.1) is 0 Å². The Hall–Kier alpha value is 5.03. The molecule has 0 atom stereocenters. The van der Waals surface area contributed by atoms with Gasteiger partial charge >= 0.3 is 109 Å². The third-order valence-corrected chi connectivity index (χ3v) is 0. The van der Waals surface area contributed by atoms with Crippen molar-refractivity contribution in [2.24, 2.45) is 0 Å². The second kappa shape index (κ2) is 2.77. The van der Waals surface area contributed by atoms with Crippen molar-refractivity contribution in [3.05, 3.63) is 0 Å². The van der Waals surface area contributed by atoms with Crippen LogP contribution in [0.25, 0.3) is 0 Å². The first-order valence-electron chi connectivity index (χ1n) is 0.756. The van der Waals surface area contributed by atoms with Gasteiger partial charge in [-0.15, -0.1) is 0 Å². The monoisotopic (exact) mass is 954 g/mol. The summed E-state index contributed by atoms with van der Waals surface area (Å²) in [5.74, 6) is 0. The molecule has 0 aromatic carbocycles. The zero-order valence-corrected chi connectivity index (χ0v) is 17.9. The Balaban J connectivity index is 4.43. The van der Waals surface area contributed by atoms with Crippen molar-refractivity contribution < 1.29 is -8.61 Å². The first-order chi connectivity index (χ1) is 2.45. The first kappa shape index (κ1) is 12.0. The van der Waals surface area contributed by atoms with Gasteiger partial charge < -0.3 is 0 Å². The molecule has 0 saturated carbocycles. The third kappa shape index (κ3) is 35.5. The van der Waals surface area contributed by atoms with Crippen molar-refractivity contribution in [1.29, 1.82) is 0 Å². The molecule has 0 aliphatic carbocycles. The summed E-state index contributed by atoms with van der Waals surface area (Å²) in [7, 11) is 0. The van der Waals surface area contributed by atoms with Crippen molar-refractivity contribution in [3.8, 4) is 0 Å². The summed E-state index contributed by atoms with van der Waals surface area (Å²) >= 11 is 15.4. The fraction of sp³-hybridized carbons (Fsp3) is 0. The molecule has 0 N–H and O–H groups in total. The Morgan fingerprint density at radius 1 is 0.571 bits per heavy atom. The Kier molecular flexibility index (Phi) is 4.75. The molecule has 0 radical (unpaired) electrons. The quantitative estimate of drug-likeness (QED) is 0.290. The van der Waals surface area contributed by atoms with Gasteiger partial charge in [-0.1, -0.05) is 0 Å². The molecule has 0 aliphatic heterocycles. The van der Waals surface area contributed by atoms with Gasteiger partial charge in [0.25, 0.3) is 0 Å². The van der Waals surface area contributed by atoms with E-state index in [1.807, 2.05) is 0 Å². The molecule has 0 spiro atoms. The summed E-state index contributed by atoms with van der Waals surface area (Å²) in [6, 6.07) is 0. The van der Waals surface area contributed by atoms with Gasteiger partial charge in [-0.25, -0.2) is 0 Å². The van der Waals surface area contributed by atoms with Crippen LogP contribution in [0.15, 0.2) is 0 Å². The second-order valence-corrected chi connectivity index (χ2v) is 263. The molecule has 0 rings (SSSR count). The normalized spacial score (nSPS) is 23.1. The average molecular weight is 954 g/mol. The zero-order valence-electron chi connectivity index (χ0n) is 2.60. The third-order valence-electron chi connectivity index (χ3n) is 0.